The molecule has 0 radical (unpaired) electrons. The standard InChI is InChI=1S/C19H22O3/c1-14(2)11-16-9-6-10-17(12-18(20)21)19(16)22-13-15-7-4-3-5-8-15/h3-10,14H,11-13H2,1-2H3,(H,20,21). The van der Waals surface area contributed by atoms with Crippen molar-refractivity contribution in [1.29, 1.82) is 0 Å². The van der Waals surface area contributed by atoms with Crippen LogP contribution in [-0.4, -0.2) is 11.1 Å². The number of carbonyl (C=O) groups is 1. The molecule has 3 nitrogen and oxygen atoms in total. The first-order valence-corrected chi connectivity index (χ1v) is 7.55. The Morgan fingerprint density at radius 3 is 2.36 bits per heavy atom. The molecule has 0 aliphatic heterocycles. The van der Waals surface area contributed by atoms with E-state index >= 15 is 0 Å². The Balaban J connectivity index is 2.25. The van der Waals surface area contributed by atoms with E-state index < -0.39 is 5.97 Å². The molecule has 0 heterocycles. The summed E-state index contributed by atoms with van der Waals surface area (Å²) in [5.74, 6) is 0.368. The fraction of sp³-hybridized carbons (Fsp3) is 0.316. The average molecular weight is 298 g/mol. The molecule has 2 rings (SSSR count). The normalized spacial score (nSPS) is 10.7. The Morgan fingerprint density at radius 2 is 1.73 bits per heavy atom. The number of carboxylic acids is 1. The lowest BCUT2D eigenvalue weighted by atomic mass is 9.98. The number of aliphatic carboxylic acids is 1. The van der Waals surface area contributed by atoms with Crippen LogP contribution in [0.5, 0.6) is 5.75 Å². The third-order valence-corrected chi connectivity index (χ3v) is 3.37. The predicted octanol–water partition coefficient (Wildman–Crippen LogP) is 4.09. The van der Waals surface area contributed by atoms with E-state index in [0.29, 0.717) is 12.5 Å². The summed E-state index contributed by atoms with van der Waals surface area (Å²) in [7, 11) is 0. The predicted molar refractivity (Wildman–Crippen MR) is 87.1 cm³/mol. The number of carboxylic acid groups (broad SMARTS) is 1. The Bertz CT molecular complexity index is 618. The zero-order chi connectivity index (χ0) is 15.9. The summed E-state index contributed by atoms with van der Waals surface area (Å²) >= 11 is 0. The second kappa shape index (κ2) is 7.64. The molecule has 0 aromatic heterocycles. The molecule has 0 saturated heterocycles. The maximum atomic E-state index is 11.1. The highest BCUT2D eigenvalue weighted by atomic mass is 16.5. The summed E-state index contributed by atoms with van der Waals surface area (Å²) in [6.07, 6.45) is 0.855. The minimum atomic E-state index is -0.841. The van der Waals surface area contributed by atoms with Gasteiger partial charge in [0, 0.05) is 5.56 Å². The molecular weight excluding hydrogens is 276 g/mol. The molecule has 0 amide bonds. The minimum absolute atomic E-state index is 0.0178. The fourth-order valence-corrected chi connectivity index (χ4v) is 2.46. The zero-order valence-electron chi connectivity index (χ0n) is 13.1. The Morgan fingerprint density at radius 1 is 1.05 bits per heavy atom. The SMILES string of the molecule is CC(C)Cc1cccc(CC(=O)O)c1OCc1ccccc1. The van der Waals surface area contributed by atoms with Crippen LogP contribution in [0, 0.1) is 5.92 Å². The largest absolute Gasteiger partial charge is 0.488 e. The van der Waals surface area contributed by atoms with Gasteiger partial charge < -0.3 is 9.84 Å². The van der Waals surface area contributed by atoms with Crippen LogP contribution in [0.15, 0.2) is 48.5 Å². The molecule has 0 saturated carbocycles. The topological polar surface area (TPSA) is 46.5 Å². The molecule has 1 N–H and O–H groups in total. The summed E-state index contributed by atoms with van der Waals surface area (Å²) in [5, 5.41) is 9.09. The van der Waals surface area contributed by atoms with E-state index in [-0.39, 0.29) is 6.42 Å². The lowest BCUT2D eigenvalue weighted by molar-refractivity contribution is -0.136. The van der Waals surface area contributed by atoms with Crippen molar-refractivity contribution in [3.05, 3.63) is 65.2 Å². The summed E-state index contributed by atoms with van der Waals surface area (Å²) in [6.45, 7) is 4.73. The van der Waals surface area contributed by atoms with Gasteiger partial charge >= 0.3 is 5.97 Å². The van der Waals surface area contributed by atoms with Gasteiger partial charge in [0.25, 0.3) is 0 Å². The van der Waals surface area contributed by atoms with Crippen LogP contribution in [0.4, 0.5) is 0 Å². The van der Waals surface area contributed by atoms with Gasteiger partial charge in [0.05, 0.1) is 6.42 Å². The number of hydrogen-bond donors (Lipinski definition) is 1. The molecule has 2 aromatic rings. The second-order valence-electron chi connectivity index (χ2n) is 5.85. The van der Waals surface area contributed by atoms with Crippen LogP contribution in [0.25, 0.3) is 0 Å². The van der Waals surface area contributed by atoms with E-state index in [1.165, 1.54) is 0 Å². The first-order valence-electron chi connectivity index (χ1n) is 7.55. The summed E-state index contributed by atoms with van der Waals surface area (Å²) in [5.41, 5.74) is 2.88. The van der Waals surface area contributed by atoms with Gasteiger partial charge in [-0.1, -0.05) is 62.4 Å². The first-order chi connectivity index (χ1) is 10.6. The van der Waals surface area contributed by atoms with Crippen molar-refractivity contribution >= 4 is 5.97 Å². The summed E-state index contributed by atoms with van der Waals surface area (Å²) in [4.78, 5) is 11.1. The molecule has 0 atom stereocenters. The zero-order valence-corrected chi connectivity index (χ0v) is 13.1. The number of rotatable bonds is 7. The van der Waals surface area contributed by atoms with Crippen molar-refractivity contribution in [1.82, 2.24) is 0 Å². The van der Waals surface area contributed by atoms with Crippen molar-refractivity contribution in [2.75, 3.05) is 0 Å². The van der Waals surface area contributed by atoms with Gasteiger partial charge in [0.1, 0.15) is 12.4 Å². The molecule has 2 aromatic carbocycles. The van der Waals surface area contributed by atoms with Gasteiger partial charge in [-0.05, 0) is 23.5 Å². The molecule has 3 heteroatoms. The van der Waals surface area contributed by atoms with Crippen molar-refractivity contribution < 1.29 is 14.6 Å². The molecule has 0 bridgehead atoms. The molecule has 116 valence electrons. The van der Waals surface area contributed by atoms with Crippen molar-refractivity contribution in [3.63, 3.8) is 0 Å². The molecule has 0 aliphatic rings. The maximum absolute atomic E-state index is 11.1. The Labute approximate surface area is 131 Å². The van der Waals surface area contributed by atoms with Crippen LogP contribution in [0.2, 0.25) is 0 Å². The number of benzene rings is 2. The van der Waals surface area contributed by atoms with Crippen LogP contribution in [-0.2, 0) is 24.2 Å². The summed E-state index contributed by atoms with van der Waals surface area (Å²) < 4.78 is 5.99. The van der Waals surface area contributed by atoms with E-state index in [0.717, 1.165) is 28.9 Å². The highest BCUT2D eigenvalue weighted by Gasteiger charge is 2.14. The molecule has 0 spiro atoms. The van der Waals surface area contributed by atoms with E-state index in [9.17, 15) is 4.79 Å². The third-order valence-electron chi connectivity index (χ3n) is 3.37. The third kappa shape index (κ3) is 4.62. The molecule has 22 heavy (non-hydrogen) atoms. The van der Waals surface area contributed by atoms with Crippen LogP contribution >= 0.6 is 0 Å². The number of para-hydroxylation sites is 1. The van der Waals surface area contributed by atoms with Gasteiger partial charge in [-0.25, -0.2) is 0 Å². The van der Waals surface area contributed by atoms with Crippen LogP contribution < -0.4 is 4.74 Å². The average Bonchev–Trinajstić information content (AvgIpc) is 2.46. The van der Waals surface area contributed by atoms with Crippen LogP contribution in [0.1, 0.15) is 30.5 Å². The molecular formula is C19H22O3. The van der Waals surface area contributed by atoms with E-state index in [4.69, 9.17) is 9.84 Å². The van der Waals surface area contributed by atoms with Gasteiger partial charge in [0.15, 0.2) is 0 Å². The highest BCUT2D eigenvalue weighted by Crippen LogP contribution is 2.28. The molecule has 0 unspecified atom stereocenters. The number of hydrogen-bond acceptors (Lipinski definition) is 2. The highest BCUT2D eigenvalue weighted by molar-refractivity contribution is 5.71. The lowest BCUT2D eigenvalue weighted by Gasteiger charge is -2.16. The van der Waals surface area contributed by atoms with E-state index in [1.807, 2.05) is 48.5 Å². The number of ether oxygens (including phenoxy) is 1. The van der Waals surface area contributed by atoms with E-state index in [1.54, 1.807) is 0 Å². The second-order valence-corrected chi connectivity index (χ2v) is 5.85. The van der Waals surface area contributed by atoms with Crippen molar-refractivity contribution in [3.8, 4) is 5.75 Å². The fourth-order valence-electron chi connectivity index (χ4n) is 2.46. The molecule has 0 aliphatic carbocycles. The lowest BCUT2D eigenvalue weighted by Crippen LogP contribution is -2.07. The molecule has 0 fully saturated rings. The van der Waals surface area contributed by atoms with Crippen molar-refractivity contribution in [2.24, 2.45) is 5.92 Å². The maximum Gasteiger partial charge on any atom is 0.307 e. The first kappa shape index (κ1) is 16.1. The van der Waals surface area contributed by atoms with Gasteiger partial charge in [0.2, 0.25) is 0 Å². The smallest absolute Gasteiger partial charge is 0.307 e. The van der Waals surface area contributed by atoms with Gasteiger partial charge in [-0.2, -0.15) is 0 Å². The quantitative estimate of drug-likeness (QED) is 0.837. The van der Waals surface area contributed by atoms with Crippen LogP contribution in [0.3, 0.4) is 0 Å². The van der Waals surface area contributed by atoms with Gasteiger partial charge in [-0.15, -0.1) is 0 Å². The van der Waals surface area contributed by atoms with E-state index in [2.05, 4.69) is 13.8 Å². The monoisotopic (exact) mass is 298 g/mol. The van der Waals surface area contributed by atoms with Gasteiger partial charge in [-0.3, -0.25) is 4.79 Å². The summed E-state index contributed by atoms with van der Waals surface area (Å²) in [6, 6.07) is 15.7. The van der Waals surface area contributed by atoms with Crippen molar-refractivity contribution in [2.45, 2.75) is 33.3 Å². The Kier molecular flexibility index (Phi) is 5.59. The Hall–Kier alpha value is -2.29. The minimum Gasteiger partial charge on any atom is -0.488 e.